The van der Waals surface area contributed by atoms with Crippen molar-refractivity contribution in [3.8, 4) is 5.75 Å². The Hall–Kier alpha value is -1.55. The van der Waals surface area contributed by atoms with Crippen molar-refractivity contribution in [2.24, 2.45) is 5.92 Å². The number of benzene rings is 1. The van der Waals surface area contributed by atoms with Gasteiger partial charge in [-0.05, 0) is 51.3 Å². The van der Waals surface area contributed by atoms with E-state index in [1.807, 2.05) is 12.1 Å². The average molecular weight is 305 g/mol. The molecular formula is C18H27NO3. The van der Waals surface area contributed by atoms with Crippen molar-refractivity contribution < 1.29 is 14.3 Å². The van der Waals surface area contributed by atoms with Gasteiger partial charge in [0, 0.05) is 18.4 Å². The van der Waals surface area contributed by atoms with Crippen LogP contribution in [0.15, 0.2) is 24.3 Å². The van der Waals surface area contributed by atoms with Gasteiger partial charge in [-0.15, -0.1) is 0 Å². The van der Waals surface area contributed by atoms with E-state index in [1.165, 1.54) is 0 Å². The highest BCUT2D eigenvalue weighted by molar-refractivity contribution is 5.73. The zero-order valence-electron chi connectivity index (χ0n) is 14.2. The highest BCUT2D eigenvalue weighted by Gasteiger charge is 2.41. The molecule has 1 heterocycles. The molecule has 1 saturated heterocycles. The number of amides is 1. The third-order valence-electron chi connectivity index (χ3n) is 4.50. The minimum absolute atomic E-state index is 0.00268. The Bertz CT molecular complexity index is 510. The summed E-state index contributed by atoms with van der Waals surface area (Å²) in [6.07, 6.45) is 2.26. The zero-order chi connectivity index (χ0) is 16.3. The Morgan fingerprint density at radius 1 is 1.27 bits per heavy atom. The van der Waals surface area contributed by atoms with Crippen LogP contribution in [0.5, 0.6) is 5.75 Å². The van der Waals surface area contributed by atoms with E-state index in [9.17, 15) is 4.79 Å². The fourth-order valence-corrected chi connectivity index (χ4v) is 3.37. The van der Waals surface area contributed by atoms with Crippen molar-refractivity contribution >= 4 is 5.91 Å². The Kier molecular flexibility index (Phi) is 5.12. The molecule has 1 amide bonds. The SMILES string of the molecule is COc1ccc(C2O[C@H](C)CC[C@H]2C(C)(C)NC(C)=O)cc1. The molecule has 0 aliphatic carbocycles. The van der Waals surface area contributed by atoms with Crippen LogP contribution in [0.25, 0.3) is 0 Å². The Balaban J connectivity index is 2.27. The lowest BCUT2D eigenvalue weighted by Gasteiger charge is -2.44. The number of carbonyl (C=O) groups excluding carboxylic acids is 1. The van der Waals surface area contributed by atoms with Crippen LogP contribution in [-0.4, -0.2) is 24.7 Å². The van der Waals surface area contributed by atoms with Crippen LogP contribution >= 0.6 is 0 Å². The Labute approximate surface area is 133 Å². The fraction of sp³-hybridized carbons (Fsp3) is 0.611. The number of hydrogen-bond donors (Lipinski definition) is 1. The van der Waals surface area contributed by atoms with Gasteiger partial charge in [0.1, 0.15) is 5.75 Å². The van der Waals surface area contributed by atoms with Gasteiger partial charge in [-0.2, -0.15) is 0 Å². The molecule has 4 nitrogen and oxygen atoms in total. The van der Waals surface area contributed by atoms with Gasteiger partial charge in [-0.1, -0.05) is 12.1 Å². The maximum atomic E-state index is 11.5. The van der Waals surface area contributed by atoms with E-state index in [-0.39, 0.29) is 29.6 Å². The lowest BCUT2D eigenvalue weighted by molar-refractivity contribution is -0.126. The quantitative estimate of drug-likeness (QED) is 0.926. The number of carbonyl (C=O) groups is 1. The van der Waals surface area contributed by atoms with Gasteiger partial charge in [0.2, 0.25) is 5.91 Å². The van der Waals surface area contributed by atoms with Gasteiger partial charge >= 0.3 is 0 Å². The monoisotopic (exact) mass is 305 g/mol. The third-order valence-corrected chi connectivity index (χ3v) is 4.50. The normalized spacial score (nSPS) is 25.6. The van der Waals surface area contributed by atoms with Gasteiger partial charge in [-0.3, -0.25) is 4.79 Å². The van der Waals surface area contributed by atoms with Crippen molar-refractivity contribution in [1.29, 1.82) is 0 Å². The molecule has 2 rings (SSSR count). The zero-order valence-corrected chi connectivity index (χ0v) is 14.2. The molecule has 4 heteroatoms. The first-order valence-electron chi connectivity index (χ1n) is 7.91. The predicted molar refractivity (Wildman–Crippen MR) is 86.9 cm³/mol. The third kappa shape index (κ3) is 3.80. The highest BCUT2D eigenvalue weighted by atomic mass is 16.5. The first-order valence-corrected chi connectivity index (χ1v) is 7.91. The molecule has 1 fully saturated rings. The largest absolute Gasteiger partial charge is 0.497 e. The summed E-state index contributed by atoms with van der Waals surface area (Å²) in [6.45, 7) is 7.83. The minimum Gasteiger partial charge on any atom is -0.497 e. The van der Waals surface area contributed by atoms with Crippen LogP contribution in [0.1, 0.15) is 52.2 Å². The second-order valence-electron chi connectivity index (χ2n) is 6.73. The van der Waals surface area contributed by atoms with Crippen LogP contribution in [-0.2, 0) is 9.53 Å². The van der Waals surface area contributed by atoms with E-state index in [0.29, 0.717) is 0 Å². The van der Waals surface area contributed by atoms with Crippen molar-refractivity contribution in [3.05, 3.63) is 29.8 Å². The molecule has 0 spiro atoms. The van der Waals surface area contributed by atoms with E-state index in [0.717, 1.165) is 24.2 Å². The molecule has 0 radical (unpaired) electrons. The van der Waals surface area contributed by atoms with Gasteiger partial charge < -0.3 is 14.8 Å². The number of hydrogen-bond acceptors (Lipinski definition) is 3. The highest BCUT2D eigenvalue weighted by Crippen LogP contribution is 2.42. The van der Waals surface area contributed by atoms with Crippen LogP contribution < -0.4 is 10.1 Å². The van der Waals surface area contributed by atoms with E-state index in [4.69, 9.17) is 9.47 Å². The van der Waals surface area contributed by atoms with Crippen molar-refractivity contribution in [2.45, 2.75) is 58.3 Å². The maximum absolute atomic E-state index is 11.5. The second kappa shape index (κ2) is 6.69. The summed E-state index contributed by atoms with van der Waals surface area (Å²) in [5.74, 6) is 1.07. The molecule has 0 saturated carbocycles. The van der Waals surface area contributed by atoms with Crippen LogP contribution in [0.3, 0.4) is 0 Å². The summed E-state index contributed by atoms with van der Waals surface area (Å²) in [4.78, 5) is 11.5. The number of nitrogens with one attached hydrogen (secondary N) is 1. The maximum Gasteiger partial charge on any atom is 0.217 e. The van der Waals surface area contributed by atoms with Crippen LogP contribution in [0, 0.1) is 5.92 Å². The average Bonchev–Trinajstić information content (AvgIpc) is 2.45. The molecule has 1 aliphatic heterocycles. The lowest BCUT2D eigenvalue weighted by Crippen LogP contribution is -2.52. The van der Waals surface area contributed by atoms with Gasteiger partial charge in [0.15, 0.2) is 0 Å². The fourth-order valence-electron chi connectivity index (χ4n) is 3.37. The van der Waals surface area contributed by atoms with E-state index in [2.05, 4.69) is 38.2 Å². The molecule has 1 unspecified atom stereocenters. The summed E-state index contributed by atoms with van der Waals surface area (Å²) in [6, 6.07) is 8.03. The summed E-state index contributed by atoms with van der Waals surface area (Å²) >= 11 is 0. The molecule has 122 valence electrons. The molecule has 22 heavy (non-hydrogen) atoms. The second-order valence-corrected chi connectivity index (χ2v) is 6.73. The van der Waals surface area contributed by atoms with E-state index >= 15 is 0 Å². The molecule has 1 aromatic rings. The van der Waals surface area contributed by atoms with E-state index in [1.54, 1.807) is 14.0 Å². The standard InChI is InChI=1S/C18H27NO3/c1-12-6-11-16(18(3,4)19-13(2)20)17(22-12)14-7-9-15(21-5)10-8-14/h7-10,12,16-17H,6,11H2,1-5H3,(H,19,20)/t12-,16-,17?/m1/s1. The molecule has 0 bridgehead atoms. The predicted octanol–water partition coefficient (Wildman–Crippen LogP) is 3.47. The van der Waals surface area contributed by atoms with Gasteiger partial charge in [-0.25, -0.2) is 0 Å². The first-order chi connectivity index (χ1) is 10.3. The number of rotatable bonds is 4. The van der Waals surface area contributed by atoms with Crippen molar-refractivity contribution in [2.75, 3.05) is 7.11 Å². The number of ether oxygens (including phenoxy) is 2. The smallest absolute Gasteiger partial charge is 0.217 e. The minimum atomic E-state index is -0.309. The molecule has 1 N–H and O–H groups in total. The van der Waals surface area contributed by atoms with Crippen molar-refractivity contribution in [1.82, 2.24) is 5.32 Å². The molecule has 1 aromatic carbocycles. The van der Waals surface area contributed by atoms with Gasteiger partial charge in [0.05, 0.1) is 19.3 Å². The molecular weight excluding hydrogens is 278 g/mol. The molecule has 0 aromatic heterocycles. The van der Waals surface area contributed by atoms with Crippen molar-refractivity contribution in [3.63, 3.8) is 0 Å². The summed E-state index contributed by atoms with van der Waals surface area (Å²) < 4.78 is 11.5. The van der Waals surface area contributed by atoms with Gasteiger partial charge in [0.25, 0.3) is 0 Å². The lowest BCUT2D eigenvalue weighted by atomic mass is 9.75. The first kappa shape index (κ1) is 16.8. The van der Waals surface area contributed by atoms with E-state index < -0.39 is 0 Å². The summed E-state index contributed by atoms with van der Waals surface area (Å²) in [7, 11) is 1.66. The summed E-state index contributed by atoms with van der Waals surface area (Å²) in [5, 5.41) is 3.08. The molecule has 3 atom stereocenters. The Morgan fingerprint density at radius 2 is 1.91 bits per heavy atom. The molecule has 1 aliphatic rings. The van der Waals surface area contributed by atoms with Crippen LogP contribution in [0.4, 0.5) is 0 Å². The summed E-state index contributed by atoms with van der Waals surface area (Å²) in [5.41, 5.74) is 0.826. The topological polar surface area (TPSA) is 47.6 Å². The van der Waals surface area contributed by atoms with Crippen LogP contribution in [0.2, 0.25) is 0 Å². The number of methoxy groups -OCH3 is 1. The Morgan fingerprint density at radius 3 is 2.45 bits per heavy atom.